The van der Waals surface area contributed by atoms with Crippen LogP contribution in [0, 0.1) is 0 Å². The van der Waals surface area contributed by atoms with Crippen molar-refractivity contribution >= 4 is 13.2 Å². The smallest absolute Gasteiger partial charge is 0.0915 e. The quantitative estimate of drug-likeness (QED) is 0.467. The van der Waals surface area contributed by atoms with Crippen LogP contribution in [0.25, 0.3) is 0 Å². The van der Waals surface area contributed by atoms with Crippen LogP contribution in [0.4, 0.5) is 0 Å². The lowest BCUT2D eigenvalue weighted by molar-refractivity contribution is -0.0758. The highest BCUT2D eigenvalue weighted by Gasteiger charge is 2.48. The molecular weight excluding hydrogens is 375 g/mol. The van der Waals surface area contributed by atoms with Gasteiger partial charge in [0.25, 0.3) is 0 Å². The normalized spacial score (nSPS) is 26.5. The summed E-state index contributed by atoms with van der Waals surface area (Å²) in [5.74, 6) is 0. The fourth-order valence-corrected chi connectivity index (χ4v) is 7.65. The van der Waals surface area contributed by atoms with Crippen LogP contribution < -0.4 is 5.30 Å². The topological polar surface area (TPSA) is 18.5 Å². The van der Waals surface area contributed by atoms with E-state index in [0.29, 0.717) is 24.5 Å². The predicted molar refractivity (Wildman–Crippen MR) is 122 cm³/mol. The Bertz CT molecular complexity index is 813. The van der Waals surface area contributed by atoms with E-state index in [4.69, 9.17) is 9.47 Å². The molecule has 3 aromatic carbocycles. The van der Waals surface area contributed by atoms with Crippen molar-refractivity contribution in [3.05, 3.63) is 102 Å². The lowest BCUT2D eigenvalue weighted by Crippen LogP contribution is -2.36. The number of hydrogen-bond acceptors (Lipinski definition) is 2. The molecule has 1 aliphatic heterocycles. The molecule has 0 N–H and O–H groups in total. The zero-order valence-corrected chi connectivity index (χ0v) is 18.0. The van der Waals surface area contributed by atoms with Crippen LogP contribution >= 0.6 is 7.92 Å². The van der Waals surface area contributed by atoms with Crippen LogP contribution in [-0.4, -0.2) is 23.5 Å². The first-order valence-electron chi connectivity index (χ1n) is 10.4. The number of benzene rings is 3. The molecule has 1 fully saturated rings. The summed E-state index contributed by atoms with van der Waals surface area (Å²) in [7, 11) is -0.352. The lowest BCUT2D eigenvalue weighted by Gasteiger charge is -2.25. The van der Waals surface area contributed by atoms with Crippen molar-refractivity contribution in [3.8, 4) is 0 Å². The molecule has 0 radical (unpaired) electrons. The highest BCUT2D eigenvalue weighted by atomic mass is 31.1. The Hall–Kier alpha value is -1.99. The maximum atomic E-state index is 6.52. The Morgan fingerprint density at radius 2 is 0.966 bits per heavy atom. The predicted octanol–water partition coefficient (Wildman–Crippen LogP) is 5.76. The average molecular weight is 404 g/mol. The molecule has 0 saturated carbocycles. The van der Waals surface area contributed by atoms with Gasteiger partial charge in [-0.2, -0.15) is 0 Å². The molecule has 4 atom stereocenters. The molecule has 0 spiro atoms. The number of rotatable bonds is 7. The summed E-state index contributed by atoms with van der Waals surface area (Å²) < 4.78 is 13.0. The monoisotopic (exact) mass is 404 g/mol. The molecule has 1 saturated heterocycles. The van der Waals surface area contributed by atoms with Gasteiger partial charge in [0, 0.05) is 11.3 Å². The largest absolute Gasteiger partial charge is 0.370 e. The highest BCUT2D eigenvalue weighted by Crippen LogP contribution is 2.56. The third-order valence-electron chi connectivity index (χ3n) is 5.78. The second-order valence-electron chi connectivity index (χ2n) is 7.75. The Balaban J connectivity index is 1.53. The maximum absolute atomic E-state index is 6.52. The molecule has 1 aliphatic rings. The van der Waals surface area contributed by atoms with Crippen molar-refractivity contribution in [2.45, 2.75) is 50.6 Å². The van der Waals surface area contributed by atoms with E-state index in [1.807, 2.05) is 12.1 Å². The van der Waals surface area contributed by atoms with Crippen LogP contribution in [0.2, 0.25) is 0 Å². The summed E-state index contributed by atoms with van der Waals surface area (Å²) in [6.45, 7) is 5.95. The van der Waals surface area contributed by atoms with Gasteiger partial charge < -0.3 is 9.47 Å². The molecule has 0 bridgehead atoms. The van der Waals surface area contributed by atoms with Crippen LogP contribution in [0.1, 0.15) is 25.0 Å². The third-order valence-corrected chi connectivity index (χ3v) is 9.01. The second-order valence-corrected chi connectivity index (χ2v) is 10.7. The first-order chi connectivity index (χ1) is 14.2. The molecule has 0 amide bonds. The summed E-state index contributed by atoms with van der Waals surface area (Å²) in [4.78, 5) is 0. The first kappa shape index (κ1) is 20.3. The molecule has 0 aliphatic carbocycles. The minimum Gasteiger partial charge on any atom is -0.370 e. The SMILES string of the molecule is C[C@H]1[C@@H](OCc2ccccc2)[C@H](OCc2ccccc2)[C@H](C)P1c1ccccc1. The zero-order chi connectivity index (χ0) is 20.1. The van der Waals surface area contributed by atoms with Crippen molar-refractivity contribution in [3.63, 3.8) is 0 Å². The fraction of sp³-hybridized carbons (Fsp3) is 0.308. The summed E-state index contributed by atoms with van der Waals surface area (Å²) >= 11 is 0. The molecule has 150 valence electrons. The van der Waals surface area contributed by atoms with Gasteiger partial charge in [0.1, 0.15) is 0 Å². The third kappa shape index (κ3) is 4.78. The van der Waals surface area contributed by atoms with Gasteiger partial charge in [0.2, 0.25) is 0 Å². The van der Waals surface area contributed by atoms with Crippen molar-refractivity contribution < 1.29 is 9.47 Å². The maximum Gasteiger partial charge on any atom is 0.0915 e. The molecular formula is C26H29O2P. The van der Waals surface area contributed by atoms with E-state index in [1.165, 1.54) is 16.4 Å². The minimum atomic E-state index is -0.352. The van der Waals surface area contributed by atoms with Crippen LogP contribution in [0.15, 0.2) is 91.0 Å². The Labute approximate surface area is 175 Å². The number of hydrogen-bond donors (Lipinski definition) is 0. The van der Waals surface area contributed by atoms with E-state index in [9.17, 15) is 0 Å². The Kier molecular flexibility index (Phi) is 6.77. The van der Waals surface area contributed by atoms with Crippen molar-refractivity contribution in [2.75, 3.05) is 0 Å². The van der Waals surface area contributed by atoms with Gasteiger partial charge in [-0.05, 0) is 16.4 Å². The van der Waals surface area contributed by atoms with Crippen LogP contribution in [0.3, 0.4) is 0 Å². The summed E-state index contributed by atoms with van der Waals surface area (Å²) in [6.07, 6.45) is 0.195. The molecule has 1 heterocycles. The standard InChI is InChI=1S/C26H29O2P/c1-20-25(27-18-22-12-6-3-7-13-22)26(28-19-23-14-8-4-9-15-23)21(2)29(20)24-16-10-5-11-17-24/h3-17,20-21,25-26H,18-19H2,1-2H3/t20-,21-,25+,26+/m0/s1. The van der Waals surface area contributed by atoms with Crippen molar-refractivity contribution in [1.29, 1.82) is 0 Å². The summed E-state index contributed by atoms with van der Waals surface area (Å²) in [6, 6.07) is 31.8. The van der Waals surface area contributed by atoms with E-state index in [1.54, 1.807) is 0 Å². The Morgan fingerprint density at radius 1 is 0.586 bits per heavy atom. The number of ether oxygens (including phenoxy) is 2. The van der Waals surface area contributed by atoms with Gasteiger partial charge in [-0.15, -0.1) is 0 Å². The Morgan fingerprint density at radius 3 is 1.38 bits per heavy atom. The molecule has 3 heteroatoms. The van der Waals surface area contributed by atoms with E-state index < -0.39 is 0 Å². The van der Waals surface area contributed by atoms with Gasteiger partial charge in [-0.3, -0.25) is 0 Å². The lowest BCUT2D eigenvalue weighted by atomic mass is 10.1. The fourth-order valence-electron chi connectivity index (χ4n) is 4.31. The molecule has 3 aromatic rings. The second kappa shape index (κ2) is 9.67. The van der Waals surface area contributed by atoms with E-state index in [2.05, 4.69) is 92.7 Å². The van der Waals surface area contributed by atoms with Crippen molar-refractivity contribution in [2.24, 2.45) is 0 Å². The van der Waals surface area contributed by atoms with Gasteiger partial charge in [-0.1, -0.05) is 113 Å². The van der Waals surface area contributed by atoms with Crippen molar-refractivity contribution in [1.82, 2.24) is 0 Å². The van der Waals surface area contributed by atoms with E-state index in [0.717, 1.165) is 0 Å². The summed E-state index contributed by atoms with van der Waals surface area (Å²) in [5, 5.41) is 1.45. The van der Waals surface area contributed by atoms with Gasteiger partial charge in [-0.25, -0.2) is 0 Å². The zero-order valence-electron chi connectivity index (χ0n) is 17.1. The van der Waals surface area contributed by atoms with Gasteiger partial charge in [0.05, 0.1) is 25.4 Å². The van der Waals surface area contributed by atoms with Gasteiger partial charge >= 0.3 is 0 Å². The molecule has 0 aromatic heterocycles. The van der Waals surface area contributed by atoms with E-state index >= 15 is 0 Å². The molecule has 2 nitrogen and oxygen atoms in total. The van der Waals surface area contributed by atoms with Gasteiger partial charge in [0.15, 0.2) is 0 Å². The molecule has 0 unspecified atom stereocenters. The first-order valence-corrected chi connectivity index (χ1v) is 11.9. The average Bonchev–Trinajstić information content (AvgIpc) is 3.01. The van der Waals surface area contributed by atoms with Crippen LogP contribution in [-0.2, 0) is 22.7 Å². The van der Waals surface area contributed by atoms with Crippen LogP contribution in [0.5, 0.6) is 0 Å². The van der Waals surface area contributed by atoms with E-state index in [-0.39, 0.29) is 20.1 Å². The highest BCUT2D eigenvalue weighted by molar-refractivity contribution is 7.67. The summed E-state index contributed by atoms with van der Waals surface area (Å²) in [5.41, 5.74) is 3.33. The molecule has 29 heavy (non-hydrogen) atoms. The molecule has 4 rings (SSSR count). The minimum absolute atomic E-state index is 0.0974.